The summed E-state index contributed by atoms with van der Waals surface area (Å²) in [7, 11) is -2.18. The highest BCUT2D eigenvalue weighted by molar-refractivity contribution is 7.92. The molecule has 2 rings (SSSR count). The van der Waals surface area contributed by atoms with E-state index in [9.17, 15) is 22.8 Å². The molecule has 1 atom stereocenters. The molecule has 1 aliphatic carbocycles. The van der Waals surface area contributed by atoms with E-state index in [-0.39, 0.29) is 29.7 Å². The number of benzene rings is 1. The van der Waals surface area contributed by atoms with E-state index in [1.807, 2.05) is 0 Å². The van der Waals surface area contributed by atoms with Gasteiger partial charge in [0.2, 0.25) is 21.8 Å². The van der Waals surface area contributed by atoms with E-state index in [0.717, 1.165) is 23.4 Å². The van der Waals surface area contributed by atoms with Crippen LogP contribution in [0.5, 0.6) is 0 Å². The molecule has 0 spiro atoms. The highest BCUT2D eigenvalue weighted by Crippen LogP contribution is 2.27. The van der Waals surface area contributed by atoms with Crippen molar-refractivity contribution < 1.29 is 22.8 Å². The minimum atomic E-state index is -3.79. The molecule has 0 aliphatic heterocycles. The Labute approximate surface area is 160 Å². The number of rotatable bonds is 7. The Morgan fingerprint density at radius 1 is 1.15 bits per heavy atom. The summed E-state index contributed by atoms with van der Waals surface area (Å²) in [6, 6.07) is 6.21. The van der Waals surface area contributed by atoms with E-state index in [4.69, 9.17) is 0 Å². The van der Waals surface area contributed by atoms with Crippen LogP contribution in [0, 0.1) is 5.92 Å². The standard InChI is InChI=1S/C19H26N2O5S/c1-14(22)20(2)16-10-12-17(13-11-16)21(27(3,25)26)19(24)9-5-7-15-6-4-8-18(15)23/h10-13,15H,4-9H2,1-3H3. The van der Waals surface area contributed by atoms with Gasteiger partial charge >= 0.3 is 0 Å². The number of hydrogen-bond acceptors (Lipinski definition) is 5. The van der Waals surface area contributed by atoms with Crippen LogP contribution in [0.3, 0.4) is 0 Å². The number of sulfonamides is 1. The molecule has 0 aromatic heterocycles. The number of anilines is 2. The van der Waals surface area contributed by atoms with E-state index < -0.39 is 15.9 Å². The molecule has 1 aliphatic rings. The van der Waals surface area contributed by atoms with Gasteiger partial charge < -0.3 is 4.90 Å². The molecule has 0 bridgehead atoms. The number of ketones is 1. The van der Waals surface area contributed by atoms with E-state index in [0.29, 0.717) is 24.9 Å². The Balaban J connectivity index is 2.09. The van der Waals surface area contributed by atoms with Crippen molar-refractivity contribution in [1.29, 1.82) is 0 Å². The van der Waals surface area contributed by atoms with Crippen molar-refractivity contribution >= 4 is 39.0 Å². The van der Waals surface area contributed by atoms with Crippen LogP contribution in [0.1, 0.15) is 45.4 Å². The maximum absolute atomic E-state index is 12.6. The monoisotopic (exact) mass is 394 g/mol. The van der Waals surface area contributed by atoms with Crippen molar-refractivity contribution in [3.8, 4) is 0 Å². The second-order valence-electron chi connectivity index (χ2n) is 6.96. The summed E-state index contributed by atoms with van der Waals surface area (Å²) in [5.41, 5.74) is 0.840. The molecular formula is C19H26N2O5S. The van der Waals surface area contributed by atoms with Crippen molar-refractivity contribution in [3.05, 3.63) is 24.3 Å². The molecule has 0 heterocycles. The number of carbonyl (C=O) groups excluding carboxylic acids is 3. The summed E-state index contributed by atoms with van der Waals surface area (Å²) >= 11 is 0. The third-order valence-electron chi connectivity index (χ3n) is 4.88. The molecule has 1 aromatic rings. The molecular weight excluding hydrogens is 368 g/mol. The Bertz CT molecular complexity index is 817. The Morgan fingerprint density at radius 3 is 2.22 bits per heavy atom. The predicted octanol–water partition coefficient (Wildman–Crippen LogP) is 2.50. The lowest BCUT2D eigenvalue weighted by atomic mass is 9.99. The average Bonchev–Trinajstić information content (AvgIpc) is 2.99. The molecule has 27 heavy (non-hydrogen) atoms. The van der Waals surface area contributed by atoms with Crippen molar-refractivity contribution in [3.63, 3.8) is 0 Å². The van der Waals surface area contributed by atoms with Crippen LogP contribution in [0.2, 0.25) is 0 Å². The first-order chi connectivity index (χ1) is 12.6. The normalized spacial score (nSPS) is 17.0. The Morgan fingerprint density at radius 2 is 1.74 bits per heavy atom. The summed E-state index contributed by atoms with van der Waals surface area (Å²) in [6.45, 7) is 1.43. The van der Waals surface area contributed by atoms with Crippen LogP contribution < -0.4 is 9.21 Å². The fourth-order valence-corrected chi connectivity index (χ4v) is 4.27. The van der Waals surface area contributed by atoms with Gasteiger partial charge in [-0.15, -0.1) is 0 Å². The largest absolute Gasteiger partial charge is 0.316 e. The molecule has 148 valence electrons. The van der Waals surface area contributed by atoms with Gasteiger partial charge in [0.05, 0.1) is 11.9 Å². The van der Waals surface area contributed by atoms with Crippen LogP contribution in [-0.2, 0) is 24.4 Å². The smallest absolute Gasteiger partial charge is 0.240 e. The second-order valence-corrected chi connectivity index (χ2v) is 8.79. The second kappa shape index (κ2) is 8.65. The van der Waals surface area contributed by atoms with Crippen molar-refractivity contribution in [2.75, 3.05) is 22.5 Å². The molecule has 0 N–H and O–H groups in total. The van der Waals surface area contributed by atoms with Gasteiger partial charge in [-0.1, -0.05) is 0 Å². The van der Waals surface area contributed by atoms with E-state index in [2.05, 4.69) is 0 Å². The first-order valence-electron chi connectivity index (χ1n) is 9.01. The number of amides is 2. The fraction of sp³-hybridized carbons (Fsp3) is 0.526. The fourth-order valence-electron chi connectivity index (χ4n) is 3.31. The third-order valence-corrected chi connectivity index (χ3v) is 5.95. The van der Waals surface area contributed by atoms with Gasteiger partial charge in [-0.05, 0) is 49.9 Å². The molecule has 1 unspecified atom stereocenters. The highest BCUT2D eigenvalue weighted by atomic mass is 32.2. The van der Waals surface area contributed by atoms with Crippen LogP contribution in [0.15, 0.2) is 24.3 Å². The molecule has 1 aromatic carbocycles. The van der Waals surface area contributed by atoms with E-state index >= 15 is 0 Å². The minimum Gasteiger partial charge on any atom is -0.316 e. The topological polar surface area (TPSA) is 91.8 Å². The predicted molar refractivity (Wildman–Crippen MR) is 104 cm³/mol. The SMILES string of the molecule is CC(=O)N(C)c1ccc(N(C(=O)CCCC2CCCC2=O)S(C)(=O)=O)cc1. The van der Waals surface area contributed by atoms with E-state index in [1.165, 1.54) is 24.0 Å². The summed E-state index contributed by atoms with van der Waals surface area (Å²) in [4.78, 5) is 37.1. The van der Waals surface area contributed by atoms with Crippen LogP contribution >= 0.6 is 0 Å². The molecule has 0 radical (unpaired) electrons. The van der Waals surface area contributed by atoms with Gasteiger partial charge in [0.25, 0.3) is 0 Å². The number of carbonyl (C=O) groups is 3. The van der Waals surface area contributed by atoms with Crippen molar-refractivity contribution in [2.45, 2.75) is 45.4 Å². The van der Waals surface area contributed by atoms with Gasteiger partial charge in [-0.3, -0.25) is 14.4 Å². The summed E-state index contributed by atoms with van der Waals surface area (Å²) in [5, 5.41) is 0. The third kappa shape index (κ3) is 5.38. The van der Waals surface area contributed by atoms with Gasteiger partial charge in [0, 0.05) is 38.4 Å². The maximum atomic E-state index is 12.6. The van der Waals surface area contributed by atoms with Crippen molar-refractivity contribution in [2.24, 2.45) is 5.92 Å². The highest BCUT2D eigenvalue weighted by Gasteiger charge is 2.27. The van der Waals surface area contributed by atoms with E-state index in [1.54, 1.807) is 19.2 Å². The first-order valence-corrected chi connectivity index (χ1v) is 10.9. The molecule has 1 fully saturated rings. The Kier molecular flexibility index (Phi) is 6.75. The summed E-state index contributed by atoms with van der Waals surface area (Å²) in [5.74, 6) is -0.422. The molecule has 0 saturated heterocycles. The lowest BCUT2D eigenvalue weighted by molar-refractivity contribution is -0.121. The van der Waals surface area contributed by atoms with Gasteiger partial charge in [0.15, 0.2) is 0 Å². The van der Waals surface area contributed by atoms with Crippen LogP contribution in [0.4, 0.5) is 11.4 Å². The lowest BCUT2D eigenvalue weighted by Gasteiger charge is -2.22. The summed E-state index contributed by atoms with van der Waals surface area (Å²) in [6.07, 6.45) is 4.50. The Hall–Kier alpha value is -2.22. The zero-order valence-corrected chi connectivity index (χ0v) is 16.8. The molecule has 7 nitrogen and oxygen atoms in total. The van der Waals surface area contributed by atoms with Crippen LogP contribution in [-0.4, -0.2) is 39.3 Å². The van der Waals surface area contributed by atoms with Gasteiger partial charge in [-0.2, -0.15) is 0 Å². The van der Waals surface area contributed by atoms with Gasteiger partial charge in [-0.25, -0.2) is 12.7 Å². The zero-order chi connectivity index (χ0) is 20.2. The molecule has 2 amide bonds. The average molecular weight is 394 g/mol. The first kappa shape index (κ1) is 21.1. The van der Waals surface area contributed by atoms with Crippen LogP contribution in [0.25, 0.3) is 0 Å². The van der Waals surface area contributed by atoms with Crippen molar-refractivity contribution in [1.82, 2.24) is 0 Å². The molecule has 8 heteroatoms. The number of nitrogens with zero attached hydrogens (tertiary/aromatic N) is 2. The molecule has 1 saturated carbocycles. The van der Waals surface area contributed by atoms with Gasteiger partial charge in [0.1, 0.15) is 5.78 Å². The maximum Gasteiger partial charge on any atom is 0.240 e. The zero-order valence-electron chi connectivity index (χ0n) is 16.0. The summed E-state index contributed by atoms with van der Waals surface area (Å²) < 4.78 is 25.1. The minimum absolute atomic E-state index is 0.00545. The lowest BCUT2D eigenvalue weighted by Crippen LogP contribution is -2.36. The number of hydrogen-bond donors (Lipinski definition) is 0. The number of Topliss-reactive ketones (excluding diaryl/α,β-unsaturated/α-hetero) is 1. The quantitative estimate of drug-likeness (QED) is 0.708.